The molecule has 0 spiro atoms. The van der Waals surface area contributed by atoms with Crippen molar-refractivity contribution in [2.24, 2.45) is 0 Å². The molecule has 0 N–H and O–H groups in total. The van der Waals surface area contributed by atoms with Gasteiger partial charge < -0.3 is 0 Å². The molecule has 9 aromatic carbocycles. The van der Waals surface area contributed by atoms with Crippen LogP contribution in [0.5, 0.6) is 0 Å². The minimum absolute atomic E-state index is 0.0818. The molecule has 10 aromatic rings. The van der Waals surface area contributed by atoms with E-state index in [9.17, 15) is 0 Å². The quantitative estimate of drug-likeness (QED) is 0.163. The molecule has 0 nitrogen and oxygen atoms in total. The maximum atomic E-state index is 2.50. The first-order valence-electron chi connectivity index (χ1n) is 18.2. The number of hydrogen-bond donors (Lipinski definition) is 0. The van der Waals surface area contributed by atoms with Gasteiger partial charge in [-0.05, 0) is 94.5 Å². The molecule has 244 valence electrons. The molecule has 1 heteroatoms. The average molecular weight is 679 g/mol. The maximum Gasteiger partial charge on any atom is 0.0440 e. The van der Waals surface area contributed by atoms with E-state index in [0.29, 0.717) is 0 Å². The maximum absolute atomic E-state index is 2.50. The van der Waals surface area contributed by atoms with Crippen LogP contribution < -0.4 is 0 Å². The summed E-state index contributed by atoms with van der Waals surface area (Å²) in [5.74, 6) is 0. The Kier molecular flexibility index (Phi) is 6.27. The van der Waals surface area contributed by atoms with Gasteiger partial charge in [-0.15, -0.1) is 11.3 Å². The fraction of sp³-hybridized carbons (Fsp3) is 0.0588. The molecule has 52 heavy (non-hydrogen) atoms. The molecular weight excluding hydrogens is 645 g/mol. The Morgan fingerprint density at radius 2 is 0.885 bits per heavy atom. The monoisotopic (exact) mass is 678 g/mol. The summed E-state index contributed by atoms with van der Waals surface area (Å²) in [7, 11) is 0. The van der Waals surface area contributed by atoms with E-state index in [0.717, 1.165) is 0 Å². The normalized spacial score (nSPS) is 13.3. The van der Waals surface area contributed by atoms with Gasteiger partial charge in [0.2, 0.25) is 0 Å². The molecule has 0 fully saturated rings. The number of rotatable bonds is 3. The number of hydrogen-bond acceptors (Lipinski definition) is 1. The Labute approximate surface area is 307 Å². The zero-order valence-electron chi connectivity index (χ0n) is 29.1. The van der Waals surface area contributed by atoms with E-state index in [4.69, 9.17) is 0 Å². The molecule has 0 atom stereocenters. The Hall–Kier alpha value is -6.02. The Balaban J connectivity index is 1.17. The molecule has 1 heterocycles. The van der Waals surface area contributed by atoms with Crippen LogP contribution in [-0.4, -0.2) is 0 Å². The highest BCUT2D eigenvalue weighted by Crippen LogP contribution is 2.56. The van der Waals surface area contributed by atoms with E-state index in [1.807, 2.05) is 11.3 Å². The van der Waals surface area contributed by atoms with Gasteiger partial charge in [0.15, 0.2) is 0 Å². The van der Waals surface area contributed by atoms with Gasteiger partial charge in [0.05, 0.1) is 0 Å². The minimum atomic E-state index is -0.0818. The van der Waals surface area contributed by atoms with Gasteiger partial charge >= 0.3 is 0 Å². The largest absolute Gasteiger partial charge is 0.135 e. The van der Waals surface area contributed by atoms with Crippen molar-refractivity contribution < 1.29 is 0 Å². The second kappa shape index (κ2) is 11.0. The van der Waals surface area contributed by atoms with Gasteiger partial charge in [0.1, 0.15) is 0 Å². The zero-order valence-corrected chi connectivity index (χ0v) is 29.9. The van der Waals surface area contributed by atoms with Crippen molar-refractivity contribution in [1.29, 1.82) is 0 Å². The summed E-state index contributed by atoms with van der Waals surface area (Å²) in [6.07, 6.45) is 0. The van der Waals surface area contributed by atoms with Crippen LogP contribution in [0.25, 0.3) is 97.0 Å². The van der Waals surface area contributed by atoms with Crippen molar-refractivity contribution in [2.45, 2.75) is 19.3 Å². The minimum Gasteiger partial charge on any atom is -0.135 e. The van der Waals surface area contributed by atoms with E-state index in [-0.39, 0.29) is 5.41 Å². The third-order valence-electron chi connectivity index (χ3n) is 11.7. The summed E-state index contributed by atoms with van der Waals surface area (Å²) in [6.45, 7) is 4.78. The second-order valence-electron chi connectivity index (χ2n) is 14.8. The third kappa shape index (κ3) is 4.09. The van der Waals surface area contributed by atoms with Crippen LogP contribution in [0.2, 0.25) is 0 Å². The third-order valence-corrected chi connectivity index (χ3v) is 12.9. The second-order valence-corrected chi connectivity index (χ2v) is 15.8. The van der Waals surface area contributed by atoms with Crippen molar-refractivity contribution in [1.82, 2.24) is 0 Å². The van der Waals surface area contributed by atoms with Gasteiger partial charge in [-0.1, -0.05) is 172 Å². The first-order valence-corrected chi connectivity index (χ1v) is 19.0. The molecular formula is C51H34S. The van der Waals surface area contributed by atoms with Gasteiger partial charge in [0, 0.05) is 31.2 Å². The van der Waals surface area contributed by atoms with Crippen LogP contribution >= 0.6 is 11.3 Å². The van der Waals surface area contributed by atoms with Crippen molar-refractivity contribution in [2.75, 3.05) is 0 Å². The summed E-state index contributed by atoms with van der Waals surface area (Å²) < 4.78 is 2.71. The molecule has 0 unspecified atom stereocenters. The summed E-state index contributed by atoms with van der Waals surface area (Å²) in [5, 5.41) is 10.4. The molecule has 1 aromatic heterocycles. The first-order chi connectivity index (χ1) is 25.6. The fourth-order valence-corrected chi connectivity index (χ4v) is 10.5. The highest BCUT2D eigenvalue weighted by molar-refractivity contribution is 7.26. The molecule has 0 bridgehead atoms. The van der Waals surface area contributed by atoms with Gasteiger partial charge in [-0.3, -0.25) is 0 Å². The SMILES string of the molecule is CC1(C)c2ccccc2-c2c1cc1c(sc3ccccc31)c2-c1ccc(-c2c3ccccc3c(-c3cccc4ccccc34)c3ccccc23)cc1. The van der Waals surface area contributed by atoms with Crippen LogP contribution in [0, 0.1) is 0 Å². The molecule has 0 radical (unpaired) electrons. The Bertz CT molecular complexity index is 3020. The summed E-state index contributed by atoms with van der Waals surface area (Å²) in [4.78, 5) is 0. The predicted octanol–water partition coefficient (Wildman–Crippen LogP) is 14.8. The van der Waals surface area contributed by atoms with E-state index in [1.165, 1.54) is 108 Å². The number of fused-ring (bicyclic) bond motifs is 9. The molecule has 1 aliphatic carbocycles. The lowest BCUT2D eigenvalue weighted by Crippen LogP contribution is -2.14. The van der Waals surface area contributed by atoms with Gasteiger partial charge in [-0.2, -0.15) is 0 Å². The lowest BCUT2D eigenvalue weighted by atomic mass is 9.81. The highest BCUT2D eigenvalue weighted by Gasteiger charge is 2.38. The van der Waals surface area contributed by atoms with Crippen molar-refractivity contribution in [3.63, 3.8) is 0 Å². The van der Waals surface area contributed by atoms with Gasteiger partial charge in [0.25, 0.3) is 0 Å². The topological polar surface area (TPSA) is 0 Å². The predicted molar refractivity (Wildman–Crippen MR) is 226 cm³/mol. The number of thiophene rings is 1. The molecule has 11 rings (SSSR count). The van der Waals surface area contributed by atoms with Crippen molar-refractivity contribution >= 4 is 63.8 Å². The Morgan fingerprint density at radius 3 is 1.60 bits per heavy atom. The first kappa shape index (κ1) is 29.7. The van der Waals surface area contributed by atoms with Crippen LogP contribution in [0.15, 0.2) is 170 Å². The molecule has 0 saturated heterocycles. The number of benzene rings is 9. The lowest BCUT2D eigenvalue weighted by molar-refractivity contribution is 0.661. The summed E-state index contributed by atoms with van der Waals surface area (Å²) >= 11 is 1.93. The van der Waals surface area contributed by atoms with E-state index >= 15 is 0 Å². The molecule has 0 amide bonds. The molecule has 0 aliphatic heterocycles. The van der Waals surface area contributed by atoms with E-state index in [1.54, 1.807) is 0 Å². The van der Waals surface area contributed by atoms with Crippen LogP contribution in [0.4, 0.5) is 0 Å². The highest BCUT2D eigenvalue weighted by atomic mass is 32.1. The molecule has 1 aliphatic rings. The van der Waals surface area contributed by atoms with E-state index < -0.39 is 0 Å². The zero-order chi connectivity index (χ0) is 34.6. The van der Waals surface area contributed by atoms with Crippen molar-refractivity contribution in [3.05, 3.63) is 181 Å². The lowest BCUT2D eigenvalue weighted by Gasteiger charge is -2.22. The fourth-order valence-electron chi connectivity index (χ4n) is 9.27. The smallest absolute Gasteiger partial charge is 0.0440 e. The van der Waals surface area contributed by atoms with Crippen LogP contribution in [0.1, 0.15) is 25.0 Å². The summed E-state index contributed by atoms with van der Waals surface area (Å²) in [6, 6.07) is 63.4. The summed E-state index contributed by atoms with van der Waals surface area (Å²) in [5.41, 5.74) is 13.2. The average Bonchev–Trinajstić information content (AvgIpc) is 3.68. The Morgan fingerprint density at radius 1 is 0.365 bits per heavy atom. The van der Waals surface area contributed by atoms with Crippen molar-refractivity contribution in [3.8, 4) is 44.5 Å². The standard InChI is InChI=1S/C51H34S/c1-51(2)43-24-11-9-22-41(43)49-44(51)30-42-35-17-10-12-25-45(35)52-50(42)47(49)33-28-26-32(27-29-33)46-37-18-5-7-20-39(37)48(40-21-8-6-19-38(40)46)36-23-13-15-31-14-3-4-16-34(31)36/h3-30H,1-2H3. The van der Waals surface area contributed by atoms with Crippen LogP contribution in [0.3, 0.4) is 0 Å². The van der Waals surface area contributed by atoms with Crippen LogP contribution in [-0.2, 0) is 5.41 Å². The molecule has 0 saturated carbocycles. The van der Waals surface area contributed by atoms with Gasteiger partial charge in [-0.25, -0.2) is 0 Å². The van der Waals surface area contributed by atoms with E-state index in [2.05, 4.69) is 184 Å².